The van der Waals surface area contributed by atoms with Gasteiger partial charge in [0.05, 0.1) is 33.3 Å². The Bertz CT molecular complexity index is 984. The number of carboxylic acid groups (broad SMARTS) is 1. The molecule has 3 rings (SSSR count). The van der Waals surface area contributed by atoms with Gasteiger partial charge in [-0.1, -0.05) is 13.8 Å². The summed E-state index contributed by atoms with van der Waals surface area (Å²) < 4.78 is 16.3. The van der Waals surface area contributed by atoms with E-state index in [4.69, 9.17) is 19.9 Å². The maximum absolute atomic E-state index is 11.7. The van der Waals surface area contributed by atoms with Gasteiger partial charge in [0.15, 0.2) is 17.2 Å². The molecule has 2 heterocycles. The Morgan fingerprint density at radius 3 is 2.42 bits per heavy atom. The molecule has 1 amide bonds. The van der Waals surface area contributed by atoms with Gasteiger partial charge in [0.1, 0.15) is 11.3 Å². The first-order valence-electron chi connectivity index (χ1n) is 9.89. The molecule has 31 heavy (non-hydrogen) atoms. The quantitative estimate of drug-likeness (QED) is 0.614. The molecule has 170 valence electrons. The summed E-state index contributed by atoms with van der Waals surface area (Å²) in [7, 11) is 4.49. The van der Waals surface area contributed by atoms with Crippen LogP contribution in [0.15, 0.2) is 6.07 Å². The van der Waals surface area contributed by atoms with Gasteiger partial charge in [-0.05, 0) is 18.4 Å². The Morgan fingerprint density at radius 2 is 1.87 bits per heavy atom. The Hall–Kier alpha value is -3.21. The lowest BCUT2D eigenvalue weighted by Gasteiger charge is -2.46. The first-order valence-corrected chi connectivity index (χ1v) is 9.89. The normalized spacial score (nSPS) is 19.1. The van der Waals surface area contributed by atoms with E-state index in [-0.39, 0.29) is 37.2 Å². The zero-order valence-electron chi connectivity index (χ0n) is 18.4. The highest BCUT2D eigenvalue weighted by atomic mass is 16.5. The first-order chi connectivity index (χ1) is 14.6. The SMILES string of the molecule is COc1cc2c(N)nc(N3CCN(C(=O)O)C(O)(CC(C)C)C3)nc2c(OC)c1OC. The highest BCUT2D eigenvalue weighted by Crippen LogP contribution is 2.44. The molecule has 1 saturated heterocycles. The minimum absolute atomic E-state index is 0.0119. The van der Waals surface area contributed by atoms with Gasteiger partial charge >= 0.3 is 6.09 Å². The summed E-state index contributed by atoms with van der Waals surface area (Å²) in [4.78, 5) is 23.5. The largest absolute Gasteiger partial charge is 0.493 e. The number of piperazine rings is 1. The predicted octanol–water partition coefficient (Wildman–Crippen LogP) is 1.77. The second-order valence-corrected chi connectivity index (χ2v) is 7.89. The van der Waals surface area contributed by atoms with Crippen molar-refractivity contribution in [2.75, 3.05) is 51.6 Å². The number of nitrogen functional groups attached to an aromatic ring is 1. The zero-order chi connectivity index (χ0) is 22.9. The standard InChI is InChI=1S/C20H29N5O6/c1-11(2)9-20(28)10-24(6-7-25(20)19(26)27)18-22-14-12(17(21)23-18)8-13(29-3)15(30-4)16(14)31-5/h8,11,28H,6-7,9-10H2,1-5H3,(H,26,27)(H2,21,22,23). The van der Waals surface area contributed by atoms with Gasteiger partial charge in [-0.25, -0.2) is 9.78 Å². The van der Waals surface area contributed by atoms with Crippen LogP contribution in [0.4, 0.5) is 16.6 Å². The van der Waals surface area contributed by atoms with E-state index in [1.54, 1.807) is 11.0 Å². The van der Waals surface area contributed by atoms with Crippen LogP contribution in [0.25, 0.3) is 10.9 Å². The van der Waals surface area contributed by atoms with Gasteiger partial charge in [0.25, 0.3) is 0 Å². The molecule has 11 nitrogen and oxygen atoms in total. The van der Waals surface area contributed by atoms with Crippen molar-refractivity contribution in [1.29, 1.82) is 0 Å². The third kappa shape index (κ3) is 4.05. The molecule has 0 spiro atoms. The Labute approximate surface area is 180 Å². The maximum Gasteiger partial charge on any atom is 0.409 e. The summed E-state index contributed by atoms with van der Waals surface area (Å²) in [6.45, 7) is 4.26. The number of aromatic nitrogens is 2. The van der Waals surface area contributed by atoms with E-state index in [0.717, 1.165) is 4.90 Å². The van der Waals surface area contributed by atoms with E-state index >= 15 is 0 Å². The Morgan fingerprint density at radius 1 is 1.19 bits per heavy atom. The smallest absolute Gasteiger partial charge is 0.409 e. The van der Waals surface area contributed by atoms with Gasteiger partial charge in [-0.3, -0.25) is 4.90 Å². The molecule has 1 atom stereocenters. The topological polar surface area (TPSA) is 144 Å². The lowest BCUT2D eigenvalue weighted by atomic mass is 9.96. The average Bonchev–Trinajstić information content (AvgIpc) is 2.70. The van der Waals surface area contributed by atoms with Crippen LogP contribution in [-0.4, -0.2) is 77.9 Å². The van der Waals surface area contributed by atoms with E-state index in [9.17, 15) is 15.0 Å². The number of ether oxygens (including phenoxy) is 3. The number of anilines is 2. The second-order valence-electron chi connectivity index (χ2n) is 7.89. The Balaban J connectivity index is 2.09. The van der Waals surface area contributed by atoms with Crippen molar-refractivity contribution < 1.29 is 29.2 Å². The van der Waals surface area contributed by atoms with Gasteiger partial charge < -0.3 is 35.1 Å². The zero-order valence-corrected chi connectivity index (χ0v) is 18.4. The van der Waals surface area contributed by atoms with Gasteiger partial charge in [0.2, 0.25) is 11.7 Å². The summed E-state index contributed by atoms with van der Waals surface area (Å²) in [5, 5.41) is 21.3. The number of hydrogen-bond donors (Lipinski definition) is 3. The van der Waals surface area contributed by atoms with Gasteiger partial charge in [-0.2, -0.15) is 4.98 Å². The molecule has 1 aliphatic heterocycles. The lowest BCUT2D eigenvalue weighted by molar-refractivity contribution is -0.108. The van der Waals surface area contributed by atoms with E-state index in [2.05, 4.69) is 9.97 Å². The third-order valence-corrected chi connectivity index (χ3v) is 5.30. The van der Waals surface area contributed by atoms with Crippen LogP contribution < -0.4 is 24.8 Å². The van der Waals surface area contributed by atoms with Crippen molar-refractivity contribution in [3.05, 3.63) is 6.07 Å². The molecule has 2 aromatic rings. The van der Waals surface area contributed by atoms with Crippen LogP contribution in [0.2, 0.25) is 0 Å². The number of benzene rings is 1. The second kappa shape index (κ2) is 8.50. The predicted molar refractivity (Wildman–Crippen MR) is 115 cm³/mol. The fraction of sp³-hybridized carbons (Fsp3) is 0.550. The van der Waals surface area contributed by atoms with Gasteiger partial charge in [0, 0.05) is 13.1 Å². The summed E-state index contributed by atoms with van der Waals surface area (Å²) in [6, 6.07) is 1.67. The van der Waals surface area contributed by atoms with E-state index in [1.807, 2.05) is 13.8 Å². The van der Waals surface area contributed by atoms with Crippen LogP contribution in [0.5, 0.6) is 17.2 Å². The average molecular weight is 435 g/mol. The molecule has 1 aromatic heterocycles. The number of β-amino-alcohol motifs (C(OH)–C–C–N with tert-alkyl or cyclic N) is 1. The molecule has 4 N–H and O–H groups in total. The number of fused-ring (bicyclic) bond motifs is 1. The number of nitrogens with two attached hydrogens (primary N) is 1. The molecular weight excluding hydrogens is 406 g/mol. The number of amides is 1. The summed E-state index contributed by atoms with van der Waals surface area (Å²) in [5.41, 5.74) is 5.08. The fourth-order valence-corrected chi connectivity index (χ4v) is 4.05. The van der Waals surface area contributed by atoms with Crippen LogP contribution in [0.1, 0.15) is 20.3 Å². The van der Waals surface area contributed by atoms with Crippen molar-refractivity contribution in [2.24, 2.45) is 5.92 Å². The highest BCUT2D eigenvalue weighted by molar-refractivity contribution is 5.97. The van der Waals surface area contributed by atoms with Crippen LogP contribution in [0, 0.1) is 5.92 Å². The molecule has 0 saturated carbocycles. The number of aliphatic hydroxyl groups is 1. The van der Waals surface area contributed by atoms with Crippen molar-refractivity contribution in [3.8, 4) is 17.2 Å². The number of hydrogen-bond acceptors (Lipinski definition) is 9. The number of methoxy groups -OCH3 is 3. The molecule has 0 bridgehead atoms. The maximum atomic E-state index is 11.7. The molecule has 1 unspecified atom stereocenters. The van der Waals surface area contributed by atoms with Crippen molar-refractivity contribution in [3.63, 3.8) is 0 Å². The van der Waals surface area contributed by atoms with E-state index in [0.29, 0.717) is 34.7 Å². The first kappa shape index (κ1) is 22.5. The third-order valence-electron chi connectivity index (χ3n) is 5.30. The number of carbonyl (C=O) groups is 1. The fourth-order valence-electron chi connectivity index (χ4n) is 4.05. The highest BCUT2D eigenvalue weighted by Gasteiger charge is 2.44. The molecule has 11 heteroatoms. The van der Waals surface area contributed by atoms with Crippen LogP contribution in [-0.2, 0) is 0 Å². The van der Waals surface area contributed by atoms with Crippen molar-refractivity contribution in [1.82, 2.24) is 14.9 Å². The van der Waals surface area contributed by atoms with Gasteiger partial charge in [-0.15, -0.1) is 0 Å². The van der Waals surface area contributed by atoms with Crippen LogP contribution >= 0.6 is 0 Å². The minimum Gasteiger partial charge on any atom is -0.493 e. The van der Waals surface area contributed by atoms with Crippen molar-refractivity contribution in [2.45, 2.75) is 26.0 Å². The van der Waals surface area contributed by atoms with Crippen molar-refractivity contribution >= 4 is 28.8 Å². The Kier molecular flexibility index (Phi) is 6.16. The minimum atomic E-state index is -1.58. The molecule has 0 radical (unpaired) electrons. The molecule has 1 aliphatic rings. The van der Waals surface area contributed by atoms with E-state index < -0.39 is 11.8 Å². The lowest BCUT2D eigenvalue weighted by Crippen LogP contribution is -2.64. The number of nitrogens with zero attached hydrogens (tertiary/aromatic N) is 4. The summed E-state index contributed by atoms with van der Waals surface area (Å²) in [6.07, 6.45) is -0.895. The number of rotatable bonds is 6. The molecule has 1 aromatic carbocycles. The molecule has 1 fully saturated rings. The monoisotopic (exact) mass is 435 g/mol. The van der Waals surface area contributed by atoms with Crippen LogP contribution in [0.3, 0.4) is 0 Å². The van der Waals surface area contributed by atoms with E-state index in [1.165, 1.54) is 21.3 Å². The summed E-state index contributed by atoms with van der Waals surface area (Å²) in [5.74, 6) is 1.68. The summed E-state index contributed by atoms with van der Waals surface area (Å²) >= 11 is 0. The molecular formula is C20H29N5O6. The molecule has 0 aliphatic carbocycles.